The summed E-state index contributed by atoms with van der Waals surface area (Å²) in [5.74, 6) is 0.798. The predicted molar refractivity (Wildman–Crippen MR) is 89.2 cm³/mol. The monoisotopic (exact) mass is 329 g/mol. The van der Waals surface area contributed by atoms with Crippen LogP contribution in [0, 0.1) is 6.92 Å². The molecule has 0 aliphatic rings. The van der Waals surface area contributed by atoms with Gasteiger partial charge in [0.25, 0.3) is 11.1 Å². The Bertz CT molecular complexity index is 1010. The number of thiazole rings is 1. The number of rotatable bonds is 4. The molecule has 6 nitrogen and oxygen atoms in total. The Balaban J connectivity index is 2.02. The fourth-order valence-electron chi connectivity index (χ4n) is 2.02. The lowest BCUT2D eigenvalue weighted by Gasteiger charge is -2.03. The third kappa shape index (κ3) is 3.14. The smallest absolute Gasteiger partial charge is 0.295 e. The number of ether oxygens (including phenoxy) is 1. The van der Waals surface area contributed by atoms with Gasteiger partial charge in [0, 0.05) is 0 Å². The molecule has 0 aliphatic heterocycles. The maximum Gasteiger partial charge on any atom is 0.295 e. The molecule has 3 rings (SSSR count). The highest BCUT2D eigenvalue weighted by Gasteiger charge is 2.08. The molecule has 2 heterocycles. The lowest BCUT2D eigenvalue weighted by atomic mass is 10.2. The molecule has 0 amide bonds. The molecule has 0 unspecified atom stereocenters. The van der Waals surface area contributed by atoms with E-state index in [1.807, 2.05) is 31.2 Å². The van der Waals surface area contributed by atoms with E-state index in [1.54, 1.807) is 6.08 Å². The lowest BCUT2D eigenvalue weighted by molar-refractivity contribution is 0.317. The van der Waals surface area contributed by atoms with E-state index < -0.39 is 5.56 Å². The van der Waals surface area contributed by atoms with Gasteiger partial charge in [-0.1, -0.05) is 30.4 Å². The minimum Gasteiger partial charge on any atom is -0.494 e. The molecule has 0 radical (unpaired) electrons. The van der Waals surface area contributed by atoms with E-state index in [0.717, 1.165) is 29.1 Å². The Kier molecular flexibility index (Phi) is 4.20. The first-order valence-corrected chi connectivity index (χ1v) is 8.05. The Morgan fingerprint density at radius 3 is 2.70 bits per heavy atom. The molecule has 0 saturated carbocycles. The minimum absolute atomic E-state index is 0.210. The number of aromatic nitrogens is 3. The fraction of sp³-hybridized carbons (Fsp3) is 0.250. The van der Waals surface area contributed by atoms with Crippen molar-refractivity contribution in [2.45, 2.75) is 20.3 Å². The molecule has 1 aromatic carbocycles. The summed E-state index contributed by atoms with van der Waals surface area (Å²) in [5.41, 5.74) is 0.403. The van der Waals surface area contributed by atoms with Crippen LogP contribution in [-0.2, 0) is 0 Å². The zero-order valence-corrected chi connectivity index (χ0v) is 13.6. The van der Waals surface area contributed by atoms with E-state index in [9.17, 15) is 9.59 Å². The molecule has 7 heteroatoms. The Morgan fingerprint density at radius 2 is 2.00 bits per heavy atom. The number of aryl methyl sites for hydroxylation is 1. The van der Waals surface area contributed by atoms with Crippen molar-refractivity contribution in [1.82, 2.24) is 14.6 Å². The van der Waals surface area contributed by atoms with Gasteiger partial charge in [-0.05, 0) is 37.1 Å². The Labute approximate surface area is 135 Å². The third-order valence-electron chi connectivity index (χ3n) is 3.19. The van der Waals surface area contributed by atoms with Gasteiger partial charge in [0.1, 0.15) is 11.4 Å². The Hall–Kier alpha value is -2.54. The first kappa shape index (κ1) is 15.4. The van der Waals surface area contributed by atoms with Crippen molar-refractivity contribution < 1.29 is 4.74 Å². The fourth-order valence-corrected chi connectivity index (χ4v) is 2.92. The number of benzene rings is 1. The van der Waals surface area contributed by atoms with Crippen molar-refractivity contribution in [2.24, 2.45) is 0 Å². The third-order valence-corrected chi connectivity index (χ3v) is 4.15. The van der Waals surface area contributed by atoms with E-state index in [2.05, 4.69) is 10.1 Å². The summed E-state index contributed by atoms with van der Waals surface area (Å²) in [6, 6.07) is 7.49. The Morgan fingerprint density at radius 1 is 1.26 bits per heavy atom. The average Bonchev–Trinajstić information content (AvgIpc) is 2.83. The van der Waals surface area contributed by atoms with E-state index in [-0.39, 0.29) is 11.3 Å². The quantitative estimate of drug-likeness (QED) is 0.718. The van der Waals surface area contributed by atoms with Gasteiger partial charge in [-0.15, -0.1) is 0 Å². The van der Waals surface area contributed by atoms with Gasteiger partial charge in [-0.3, -0.25) is 9.59 Å². The molecule has 3 aromatic rings. The summed E-state index contributed by atoms with van der Waals surface area (Å²) < 4.78 is 7.18. The summed E-state index contributed by atoms with van der Waals surface area (Å²) in [7, 11) is 0. The lowest BCUT2D eigenvalue weighted by Crippen LogP contribution is -2.27. The van der Waals surface area contributed by atoms with Gasteiger partial charge < -0.3 is 4.74 Å². The van der Waals surface area contributed by atoms with Crippen LogP contribution >= 0.6 is 11.3 Å². The topological polar surface area (TPSA) is 73.6 Å². The van der Waals surface area contributed by atoms with Crippen LogP contribution in [0.3, 0.4) is 0 Å². The highest BCUT2D eigenvalue weighted by molar-refractivity contribution is 7.15. The number of nitrogens with zero attached hydrogens (tertiary/aromatic N) is 3. The molecule has 2 aromatic heterocycles. The predicted octanol–water partition coefficient (Wildman–Crippen LogP) is 1.16. The summed E-state index contributed by atoms with van der Waals surface area (Å²) in [5, 5.41) is 3.98. The maximum absolute atomic E-state index is 12.3. The van der Waals surface area contributed by atoms with Gasteiger partial charge >= 0.3 is 0 Å². The molecular formula is C16H15N3O3S. The van der Waals surface area contributed by atoms with Crippen molar-refractivity contribution in [3.05, 3.63) is 60.8 Å². The summed E-state index contributed by atoms with van der Waals surface area (Å²) in [6.45, 7) is 4.26. The van der Waals surface area contributed by atoms with E-state index in [0.29, 0.717) is 16.1 Å². The standard InChI is InChI=1S/C16H15N3O3S/c1-3-8-22-12-6-4-11(5-7-12)9-13-15(21)19-16(23-13)17-14(20)10(2)18-19/h4-7,9H,3,8H2,1-2H3/b13-9+. The molecule has 23 heavy (non-hydrogen) atoms. The molecule has 0 saturated heterocycles. The van der Waals surface area contributed by atoms with Crippen LogP contribution in [0.25, 0.3) is 11.0 Å². The second-order valence-electron chi connectivity index (χ2n) is 5.03. The molecule has 0 aliphatic carbocycles. The van der Waals surface area contributed by atoms with E-state index in [4.69, 9.17) is 4.74 Å². The van der Waals surface area contributed by atoms with Crippen molar-refractivity contribution in [3.8, 4) is 5.75 Å². The van der Waals surface area contributed by atoms with E-state index >= 15 is 0 Å². The van der Waals surface area contributed by atoms with Crippen LogP contribution in [0.2, 0.25) is 0 Å². The first-order valence-electron chi connectivity index (χ1n) is 7.23. The van der Waals surface area contributed by atoms with Crippen LogP contribution in [0.5, 0.6) is 5.75 Å². The van der Waals surface area contributed by atoms with Crippen molar-refractivity contribution in [2.75, 3.05) is 6.61 Å². The van der Waals surface area contributed by atoms with Crippen molar-refractivity contribution in [1.29, 1.82) is 0 Å². The first-order chi connectivity index (χ1) is 11.1. The highest BCUT2D eigenvalue weighted by atomic mass is 32.1. The van der Waals surface area contributed by atoms with Gasteiger partial charge in [0.2, 0.25) is 4.96 Å². The molecule has 118 valence electrons. The van der Waals surface area contributed by atoms with Crippen LogP contribution in [-0.4, -0.2) is 21.2 Å². The second kappa shape index (κ2) is 6.29. The minimum atomic E-state index is -0.407. The van der Waals surface area contributed by atoms with Crippen LogP contribution in [0.1, 0.15) is 24.6 Å². The zero-order chi connectivity index (χ0) is 16.4. The SMILES string of the molecule is CCCOc1ccc(/C=c2/sc3nc(=O)c(C)nn3c2=O)cc1. The second-order valence-corrected chi connectivity index (χ2v) is 6.04. The highest BCUT2D eigenvalue weighted by Crippen LogP contribution is 2.13. The normalized spacial score (nSPS) is 12.0. The summed E-state index contributed by atoms with van der Waals surface area (Å²) >= 11 is 1.15. The maximum atomic E-state index is 12.3. The molecular weight excluding hydrogens is 314 g/mol. The van der Waals surface area contributed by atoms with E-state index in [1.165, 1.54) is 11.4 Å². The molecule has 0 spiro atoms. The summed E-state index contributed by atoms with van der Waals surface area (Å²) in [4.78, 5) is 28.0. The van der Waals surface area contributed by atoms with Gasteiger partial charge in [0.15, 0.2) is 0 Å². The van der Waals surface area contributed by atoms with Crippen LogP contribution < -0.4 is 20.4 Å². The number of hydrogen-bond acceptors (Lipinski definition) is 6. The van der Waals surface area contributed by atoms with Gasteiger partial charge in [-0.2, -0.15) is 14.6 Å². The van der Waals surface area contributed by atoms with Crippen LogP contribution in [0.15, 0.2) is 33.9 Å². The van der Waals surface area contributed by atoms with Gasteiger partial charge in [-0.25, -0.2) is 0 Å². The molecule has 0 atom stereocenters. The van der Waals surface area contributed by atoms with Crippen molar-refractivity contribution in [3.63, 3.8) is 0 Å². The largest absolute Gasteiger partial charge is 0.494 e. The zero-order valence-electron chi connectivity index (χ0n) is 12.8. The molecule has 0 fully saturated rings. The van der Waals surface area contributed by atoms with Gasteiger partial charge in [0.05, 0.1) is 11.1 Å². The molecule has 0 bridgehead atoms. The number of hydrogen-bond donors (Lipinski definition) is 0. The molecule has 0 N–H and O–H groups in total. The summed E-state index contributed by atoms with van der Waals surface area (Å²) in [6.07, 6.45) is 2.71. The number of fused-ring (bicyclic) bond motifs is 1. The van der Waals surface area contributed by atoms with Crippen molar-refractivity contribution >= 4 is 22.4 Å². The average molecular weight is 329 g/mol. The van der Waals surface area contributed by atoms with Crippen LogP contribution in [0.4, 0.5) is 0 Å².